The average Bonchev–Trinajstić information content (AvgIpc) is 3.39. The van der Waals surface area contributed by atoms with Crippen LogP contribution >= 0.6 is 50.6 Å². The molecule has 4 atom stereocenters. The summed E-state index contributed by atoms with van der Waals surface area (Å²) >= 11 is 12.0. The third-order valence-electron chi connectivity index (χ3n) is 4.59. The van der Waals surface area contributed by atoms with Crippen molar-refractivity contribution in [3.63, 3.8) is 0 Å². The van der Waals surface area contributed by atoms with E-state index >= 15 is 0 Å². The van der Waals surface area contributed by atoms with E-state index < -0.39 is 30.4 Å². The Balaban J connectivity index is 1.83. The third kappa shape index (κ3) is 7.18. The van der Waals surface area contributed by atoms with Gasteiger partial charge in [-0.1, -0.05) is 42.4 Å². The quantitative estimate of drug-likeness (QED) is 0.231. The van der Waals surface area contributed by atoms with Gasteiger partial charge in [0.2, 0.25) is 0 Å². The fourth-order valence-corrected chi connectivity index (χ4v) is 5.57. The lowest BCUT2D eigenvalue weighted by Gasteiger charge is -2.29. The van der Waals surface area contributed by atoms with Crippen LogP contribution in [0.1, 0.15) is 32.4 Å². The maximum Gasteiger partial charge on any atom is 0.147 e. The van der Waals surface area contributed by atoms with Gasteiger partial charge in [-0.2, -0.15) is 0 Å². The largest absolute Gasteiger partial charge is 0.394 e. The van der Waals surface area contributed by atoms with E-state index in [1.165, 1.54) is 34.7 Å². The number of hydrogen-bond donors (Lipinski definition) is 3. The van der Waals surface area contributed by atoms with Crippen LogP contribution in [0.15, 0.2) is 33.2 Å². The number of aliphatic hydroxyl groups excluding tert-OH is 3. The van der Waals surface area contributed by atoms with Crippen molar-refractivity contribution in [3.8, 4) is 10.7 Å². The standard InChI is InChI=1S/C20H25BrClN5O4S2/c1-10(2)18-16(4-12(21)5-23-18)33-20(31-15(8-28)11(3)29)14(30)7-27-6-13(25-26-27)19-24-17(22)9-32-19/h4-6,9-11,14-15,20,28-30H,7-8H2,1-3H3/t11-,14+,15?,20?/m1/s1. The molecule has 3 aromatic heterocycles. The second-order valence-corrected chi connectivity index (χ2v) is 10.9. The topological polar surface area (TPSA) is 126 Å². The Morgan fingerprint density at radius 3 is 2.67 bits per heavy atom. The van der Waals surface area contributed by atoms with Gasteiger partial charge in [0.15, 0.2) is 0 Å². The number of nitrogens with zero attached hydrogens (tertiary/aromatic N) is 5. The Bertz CT molecular complexity index is 1050. The monoisotopic (exact) mass is 577 g/mol. The molecule has 0 aliphatic heterocycles. The molecule has 3 rings (SSSR count). The number of hydrogen-bond acceptors (Lipinski definition) is 10. The normalized spacial score (nSPS) is 15.5. The molecule has 0 bridgehead atoms. The van der Waals surface area contributed by atoms with E-state index in [1.807, 2.05) is 19.9 Å². The summed E-state index contributed by atoms with van der Waals surface area (Å²) in [5.41, 5.74) is 0.567. The number of halogens is 2. The smallest absolute Gasteiger partial charge is 0.147 e. The zero-order valence-corrected chi connectivity index (χ0v) is 22.1. The first-order valence-electron chi connectivity index (χ1n) is 10.1. The molecular formula is C20H25BrClN5O4S2. The van der Waals surface area contributed by atoms with Gasteiger partial charge in [0, 0.05) is 20.9 Å². The minimum atomic E-state index is -1.05. The van der Waals surface area contributed by atoms with Gasteiger partial charge in [0.25, 0.3) is 0 Å². The molecule has 9 nitrogen and oxygen atoms in total. The molecule has 0 spiro atoms. The number of ether oxygens (including phenoxy) is 1. The lowest BCUT2D eigenvalue weighted by Crippen LogP contribution is -2.39. The predicted octanol–water partition coefficient (Wildman–Crippen LogP) is 3.57. The number of pyridine rings is 1. The SMILES string of the molecule is CC(C)c1ncc(Br)cc1SC(OC(CO)[C@@H](C)O)[C@@H](O)Cn1cc(-c2nc(Cl)cs2)nn1. The highest BCUT2D eigenvalue weighted by Crippen LogP contribution is 2.35. The molecule has 2 unspecified atom stereocenters. The Morgan fingerprint density at radius 2 is 2.06 bits per heavy atom. The lowest BCUT2D eigenvalue weighted by molar-refractivity contribution is -0.0972. The molecule has 3 heterocycles. The highest BCUT2D eigenvalue weighted by molar-refractivity contribution is 9.10. The Kier molecular flexibility index (Phi) is 9.65. The molecule has 3 N–H and O–H groups in total. The molecule has 33 heavy (non-hydrogen) atoms. The molecule has 0 fully saturated rings. The lowest BCUT2D eigenvalue weighted by atomic mass is 10.1. The number of thioether (sulfide) groups is 1. The Hall–Kier alpha value is -1.12. The number of rotatable bonds is 11. The van der Waals surface area contributed by atoms with Crippen molar-refractivity contribution in [3.05, 3.63) is 39.2 Å². The molecular weight excluding hydrogens is 554 g/mol. The third-order valence-corrected chi connectivity index (χ3v) is 7.45. The summed E-state index contributed by atoms with van der Waals surface area (Å²) in [6.45, 7) is 5.26. The minimum Gasteiger partial charge on any atom is -0.394 e. The maximum absolute atomic E-state index is 11.1. The van der Waals surface area contributed by atoms with Crippen molar-refractivity contribution < 1.29 is 20.1 Å². The first-order valence-corrected chi connectivity index (χ1v) is 13.1. The van der Waals surface area contributed by atoms with E-state index in [0.717, 1.165) is 15.1 Å². The maximum atomic E-state index is 11.1. The van der Waals surface area contributed by atoms with Gasteiger partial charge in [-0.3, -0.25) is 4.98 Å². The van der Waals surface area contributed by atoms with Gasteiger partial charge in [0.05, 0.1) is 31.1 Å². The van der Waals surface area contributed by atoms with E-state index in [4.69, 9.17) is 16.3 Å². The number of aliphatic hydroxyl groups is 3. The fourth-order valence-electron chi connectivity index (χ4n) is 2.90. The molecule has 0 aliphatic rings. The summed E-state index contributed by atoms with van der Waals surface area (Å²) < 4.78 is 8.23. The van der Waals surface area contributed by atoms with Crippen molar-refractivity contribution in [1.29, 1.82) is 0 Å². The summed E-state index contributed by atoms with van der Waals surface area (Å²) in [5, 5.41) is 41.6. The molecule has 0 saturated carbocycles. The molecule has 0 radical (unpaired) electrons. The Labute approximate surface area is 213 Å². The van der Waals surface area contributed by atoms with Crippen molar-refractivity contribution in [2.75, 3.05) is 6.61 Å². The van der Waals surface area contributed by atoms with Crippen LogP contribution in [0.5, 0.6) is 0 Å². The fraction of sp³-hybridized carbons (Fsp3) is 0.500. The van der Waals surface area contributed by atoms with Gasteiger partial charge in [-0.25, -0.2) is 9.67 Å². The van der Waals surface area contributed by atoms with Crippen molar-refractivity contribution in [1.82, 2.24) is 25.0 Å². The summed E-state index contributed by atoms with van der Waals surface area (Å²) in [4.78, 5) is 9.50. The van der Waals surface area contributed by atoms with Gasteiger partial charge in [-0.05, 0) is 34.8 Å². The molecule has 0 aliphatic carbocycles. The Morgan fingerprint density at radius 1 is 1.30 bits per heavy atom. The van der Waals surface area contributed by atoms with E-state index in [9.17, 15) is 15.3 Å². The molecule has 0 amide bonds. The summed E-state index contributed by atoms with van der Waals surface area (Å²) in [7, 11) is 0. The van der Waals surface area contributed by atoms with Crippen LogP contribution in [0.3, 0.4) is 0 Å². The zero-order chi connectivity index (χ0) is 24.1. The molecule has 0 saturated heterocycles. The molecule has 3 aromatic rings. The van der Waals surface area contributed by atoms with Crippen LogP contribution in [0, 0.1) is 0 Å². The van der Waals surface area contributed by atoms with Crippen molar-refractivity contribution in [2.45, 2.75) is 61.9 Å². The number of thiazole rings is 1. The average molecular weight is 579 g/mol. The summed E-state index contributed by atoms with van der Waals surface area (Å²) in [5.74, 6) is 0.145. The van der Waals surface area contributed by atoms with E-state index in [-0.39, 0.29) is 12.5 Å². The van der Waals surface area contributed by atoms with Gasteiger partial charge in [-0.15, -0.1) is 16.4 Å². The zero-order valence-electron chi connectivity index (χ0n) is 18.2. The van der Waals surface area contributed by atoms with Crippen LogP contribution < -0.4 is 0 Å². The van der Waals surface area contributed by atoms with Crippen LogP contribution in [-0.4, -0.2) is 70.6 Å². The van der Waals surface area contributed by atoms with Crippen LogP contribution in [0.25, 0.3) is 10.7 Å². The molecule has 180 valence electrons. The number of aromatic nitrogens is 5. The van der Waals surface area contributed by atoms with Crippen LogP contribution in [0.4, 0.5) is 0 Å². The van der Waals surface area contributed by atoms with Crippen molar-refractivity contribution >= 4 is 50.6 Å². The van der Waals surface area contributed by atoms with E-state index in [1.54, 1.807) is 17.8 Å². The highest BCUT2D eigenvalue weighted by Gasteiger charge is 2.29. The van der Waals surface area contributed by atoms with Gasteiger partial charge in [0.1, 0.15) is 33.5 Å². The second-order valence-electron chi connectivity index (χ2n) is 7.64. The molecule has 13 heteroatoms. The predicted molar refractivity (Wildman–Crippen MR) is 131 cm³/mol. The highest BCUT2D eigenvalue weighted by atomic mass is 79.9. The first-order chi connectivity index (χ1) is 15.7. The summed E-state index contributed by atoms with van der Waals surface area (Å²) in [6, 6.07) is 1.91. The first kappa shape index (κ1) is 26.5. The van der Waals surface area contributed by atoms with Gasteiger partial charge < -0.3 is 20.1 Å². The minimum absolute atomic E-state index is 0.0696. The van der Waals surface area contributed by atoms with E-state index in [2.05, 4.69) is 36.2 Å². The van der Waals surface area contributed by atoms with E-state index in [0.29, 0.717) is 15.9 Å². The van der Waals surface area contributed by atoms with Gasteiger partial charge >= 0.3 is 0 Å². The summed E-state index contributed by atoms with van der Waals surface area (Å²) in [6.07, 6.45) is 0.543. The molecule has 0 aromatic carbocycles. The van der Waals surface area contributed by atoms with Crippen LogP contribution in [0.2, 0.25) is 5.15 Å². The second kappa shape index (κ2) is 12.0. The van der Waals surface area contributed by atoms with Crippen molar-refractivity contribution in [2.24, 2.45) is 0 Å². The van der Waals surface area contributed by atoms with Crippen LogP contribution in [-0.2, 0) is 11.3 Å².